The van der Waals surface area contributed by atoms with Crippen LogP contribution < -0.4 is 20.4 Å². The Bertz CT molecular complexity index is 4420. The Morgan fingerprint density at radius 3 is 1.45 bits per heavy atom. The normalized spacial score (nSPS) is 13.7. The number of aromatic amines is 1. The molecule has 3 aliphatic heterocycles. The number of ether oxygens (including phenoxy) is 5. The molecule has 11 aromatic rings. The standard InChI is InChI=1S/C29H25ClFN5O2.C21H21N3O3.C17H13ClN2O2.C4H9NO.CH4/c30-25-17-34-28-14-26(31)21(13-24(25)28)15-35-29(37)19-3-4-32-22(11-19)10-18-1-2-27-20(9-18)12-23(16-33-27)36-5-7-38-8-6-36;1-26-21(25)16-4-5-22-18(12-16)11-15-2-3-20-17(10-15)13-19(14-23-20)24-6-8-27-9-7-24;1-22-17(21)12-4-5-19-15(9-12)7-11-2-3-16-13(6-11)8-14(18)10-20-16;1-3-6-4-2-5-1;/h1-4,9,11-14,16-17,34H,5-8,10,15H2,(H,35,37);2-5,10,12-14H,6-9,11H2,1H3;2-6,8-10H,7H2,1H3;5H,1-4H2;1H4. The number of nitrogens with one attached hydrogen (secondary N) is 3. The quantitative estimate of drug-likeness (QED) is 0.0913. The Labute approximate surface area is 554 Å². The fourth-order valence-corrected chi connectivity index (χ4v) is 11.3. The summed E-state index contributed by atoms with van der Waals surface area (Å²) in [6, 6.07) is 37.8. The van der Waals surface area contributed by atoms with Crippen molar-refractivity contribution in [3.8, 4) is 0 Å². The molecule has 3 N–H and O–H groups in total. The van der Waals surface area contributed by atoms with E-state index in [1.54, 1.807) is 73.4 Å². The van der Waals surface area contributed by atoms with E-state index in [9.17, 15) is 18.8 Å². The van der Waals surface area contributed by atoms with Gasteiger partial charge in [0, 0.05) is 151 Å². The third-order valence-electron chi connectivity index (χ3n) is 15.7. The molecule has 0 saturated carbocycles. The highest BCUT2D eigenvalue weighted by Gasteiger charge is 2.17. The molecule has 0 unspecified atom stereocenters. The van der Waals surface area contributed by atoms with Gasteiger partial charge in [0.1, 0.15) is 5.82 Å². The molecule has 94 heavy (non-hydrogen) atoms. The average Bonchev–Trinajstić information content (AvgIpc) is 1.43. The fraction of sp³-hybridized carbons (Fsp3) is 0.264. The molecule has 1 amide bonds. The second kappa shape index (κ2) is 32.8. The third-order valence-corrected chi connectivity index (χ3v) is 16.2. The first kappa shape index (κ1) is 67.4. The van der Waals surface area contributed by atoms with Gasteiger partial charge in [0.25, 0.3) is 5.91 Å². The molecule has 4 aromatic carbocycles. The summed E-state index contributed by atoms with van der Waals surface area (Å²) in [5, 5.41) is 10.9. The Hall–Kier alpha value is -9.54. The molecule has 0 spiro atoms. The molecule has 3 fully saturated rings. The molecule has 0 radical (unpaired) electrons. The smallest absolute Gasteiger partial charge is 0.337 e. The number of hydrogen-bond acceptors (Lipinski definition) is 17. The number of esters is 2. The van der Waals surface area contributed by atoms with E-state index in [1.807, 2.05) is 54.9 Å². The zero-order valence-electron chi connectivity index (χ0n) is 51.4. The van der Waals surface area contributed by atoms with Crippen molar-refractivity contribution in [1.29, 1.82) is 0 Å². The van der Waals surface area contributed by atoms with Crippen LogP contribution in [0.3, 0.4) is 0 Å². The number of rotatable bonds is 13. The van der Waals surface area contributed by atoms with E-state index in [-0.39, 0.29) is 31.8 Å². The number of pyridine rings is 6. The van der Waals surface area contributed by atoms with Gasteiger partial charge in [-0.05, 0) is 120 Å². The largest absolute Gasteiger partial charge is 0.465 e. The molecular weight excluding hydrogens is 1240 g/mol. The van der Waals surface area contributed by atoms with Crippen LogP contribution in [0.1, 0.15) is 77.8 Å². The van der Waals surface area contributed by atoms with Gasteiger partial charge in [-0.15, -0.1) is 0 Å². The highest BCUT2D eigenvalue weighted by Crippen LogP contribution is 2.28. The van der Waals surface area contributed by atoms with Crippen LogP contribution in [0.5, 0.6) is 0 Å². The predicted molar refractivity (Wildman–Crippen MR) is 365 cm³/mol. The van der Waals surface area contributed by atoms with Gasteiger partial charge in [-0.3, -0.25) is 34.7 Å². The molecule has 3 saturated heterocycles. The van der Waals surface area contributed by atoms with E-state index >= 15 is 0 Å². The van der Waals surface area contributed by atoms with Crippen LogP contribution in [0.2, 0.25) is 10.0 Å². The summed E-state index contributed by atoms with van der Waals surface area (Å²) in [5.41, 5.74) is 13.1. The van der Waals surface area contributed by atoms with Crippen LogP contribution in [0.25, 0.3) is 43.6 Å². The lowest BCUT2D eigenvalue weighted by Crippen LogP contribution is -2.36. The maximum atomic E-state index is 14.5. The fourth-order valence-electron chi connectivity index (χ4n) is 10.9. The number of halogens is 3. The first-order valence-corrected chi connectivity index (χ1v) is 31.2. The third kappa shape index (κ3) is 18.0. The number of fused-ring (bicyclic) bond motifs is 4. The Morgan fingerprint density at radius 1 is 0.543 bits per heavy atom. The predicted octanol–water partition coefficient (Wildman–Crippen LogP) is 12.0. The number of H-pyrrole nitrogens is 1. The number of nitrogens with zero attached hydrogens (tertiary/aromatic N) is 8. The minimum atomic E-state index is -0.408. The molecule has 19 nitrogen and oxygen atoms in total. The lowest BCUT2D eigenvalue weighted by molar-refractivity contribution is 0.0591. The van der Waals surface area contributed by atoms with Gasteiger partial charge in [0.05, 0.1) is 115 Å². The van der Waals surface area contributed by atoms with Gasteiger partial charge in [-0.1, -0.05) is 48.8 Å². The summed E-state index contributed by atoms with van der Waals surface area (Å²) in [6.45, 7) is 10.3. The average molecular weight is 1310 g/mol. The van der Waals surface area contributed by atoms with Crippen molar-refractivity contribution in [3.05, 3.63) is 237 Å². The Balaban J connectivity index is 0.000000151. The first-order valence-electron chi connectivity index (χ1n) is 30.4. The van der Waals surface area contributed by atoms with Crippen LogP contribution in [0, 0.1) is 5.82 Å². The highest BCUT2D eigenvalue weighted by molar-refractivity contribution is 6.35. The second-order valence-electron chi connectivity index (χ2n) is 22.1. The summed E-state index contributed by atoms with van der Waals surface area (Å²) >= 11 is 12.1. The molecular formula is C72H72Cl2FN11O8. The molecule has 0 bridgehead atoms. The van der Waals surface area contributed by atoms with E-state index in [2.05, 4.69) is 85.7 Å². The first-order chi connectivity index (χ1) is 45.4. The molecule has 3 aliphatic rings. The van der Waals surface area contributed by atoms with E-state index in [4.69, 9.17) is 46.9 Å². The molecule has 484 valence electrons. The van der Waals surface area contributed by atoms with Gasteiger partial charge in [-0.2, -0.15) is 0 Å². The van der Waals surface area contributed by atoms with E-state index in [0.29, 0.717) is 62.5 Å². The highest BCUT2D eigenvalue weighted by atomic mass is 35.5. The van der Waals surface area contributed by atoms with Crippen molar-refractivity contribution in [1.82, 2.24) is 45.5 Å². The van der Waals surface area contributed by atoms with Crippen LogP contribution >= 0.6 is 23.2 Å². The van der Waals surface area contributed by atoms with E-state index in [1.165, 1.54) is 20.3 Å². The maximum Gasteiger partial charge on any atom is 0.337 e. The van der Waals surface area contributed by atoms with Gasteiger partial charge in [-0.25, -0.2) is 14.0 Å². The Kier molecular flexibility index (Phi) is 23.5. The number of benzene rings is 4. The van der Waals surface area contributed by atoms with Crippen LogP contribution in [0.15, 0.2) is 165 Å². The molecule has 0 atom stereocenters. The molecule has 0 aliphatic carbocycles. The number of carbonyl (C=O) groups is 3. The number of amides is 1. The molecule has 22 heteroatoms. The second-order valence-corrected chi connectivity index (χ2v) is 23.0. The zero-order valence-corrected chi connectivity index (χ0v) is 52.9. The van der Waals surface area contributed by atoms with Crippen LogP contribution in [0.4, 0.5) is 15.8 Å². The maximum absolute atomic E-state index is 14.5. The number of hydrogen-bond donors (Lipinski definition) is 3. The number of anilines is 2. The summed E-state index contributed by atoms with van der Waals surface area (Å²) in [7, 11) is 2.74. The lowest BCUT2D eigenvalue weighted by atomic mass is 10.0. The van der Waals surface area contributed by atoms with Gasteiger partial charge < -0.3 is 49.1 Å². The molecule has 10 heterocycles. The molecule has 7 aromatic heterocycles. The van der Waals surface area contributed by atoms with Crippen molar-refractivity contribution in [2.45, 2.75) is 33.2 Å². The van der Waals surface area contributed by atoms with Gasteiger partial charge in [0.15, 0.2) is 0 Å². The van der Waals surface area contributed by atoms with Crippen LogP contribution in [-0.4, -0.2) is 146 Å². The minimum absolute atomic E-state index is 0. The zero-order chi connectivity index (χ0) is 64.5. The van der Waals surface area contributed by atoms with Gasteiger partial charge in [0.2, 0.25) is 0 Å². The SMILES string of the molecule is C.C1COCCN1.COC(=O)c1ccnc(Cc2ccc3ncc(Cl)cc3c2)c1.COC(=O)c1ccnc(Cc2ccc3ncc(N4CCOCC4)cc3c2)c1.O=C(NCc1cc2c(Cl)c[nH]c2cc1F)c1ccnc(Cc2ccc3ncc(N4CCOCC4)cc3c2)c1. The van der Waals surface area contributed by atoms with Crippen molar-refractivity contribution >= 4 is 96.0 Å². The number of aromatic nitrogens is 7. The topological polar surface area (TPSA) is 221 Å². The number of carbonyl (C=O) groups excluding carboxylic acids is 3. The Morgan fingerprint density at radius 2 is 0.989 bits per heavy atom. The monoisotopic (exact) mass is 1310 g/mol. The van der Waals surface area contributed by atoms with Gasteiger partial charge >= 0.3 is 11.9 Å². The van der Waals surface area contributed by atoms with Crippen molar-refractivity contribution in [2.75, 3.05) is 103 Å². The summed E-state index contributed by atoms with van der Waals surface area (Å²) < 4.78 is 39.9. The number of morpholine rings is 3. The van der Waals surface area contributed by atoms with Crippen LogP contribution in [-0.2, 0) is 49.5 Å². The minimum Gasteiger partial charge on any atom is -0.465 e. The van der Waals surface area contributed by atoms with Crippen molar-refractivity contribution < 1.29 is 42.5 Å². The van der Waals surface area contributed by atoms with E-state index < -0.39 is 5.82 Å². The summed E-state index contributed by atoms with van der Waals surface area (Å²) in [5.74, 6) is -1.42. The van der Waals surface area contributed by atoms with Crippen molar-refractivity contribution in [3.63, 3.8) is 0 Å². The van der Waals surface area contributed by atoms with E-state index in [0.717, 1.165) is 157 Å². The lowest BCUT2D eigenvalue weighted by Gasteiger charge is -2.28. The summed E-state index contributed by atoms with van der Waals surface area (Å²) in [6.07, 6.45) is 13.8. The molecule has 14 rings (SSSR count). The van der Waals surface area contributed by atoms with Crippen molar-refractivity contribution in [2.24, 2.45) is 0 Å². The summed E-state index contributed by atoms with van der Waals surface area (Å²) in [4.78, 5) is 70.3. The number of methoxy groups -OCH3 is 2.